The van der Waals surface area contributed by atoms with Gasteiger partial charge in [-0.25, -0.2) is 5.48 Å². The molecule has 0 saturated carbocycles. The van der Waals surface area contributed by atoms with Gasteiger partial charge in [-0.2, -0.15) is 0 Å². The van der Waals surface area contributed by atoms with Crippen LogP contribution in [0.1, 0.15) is 27.7 Å². The standard InChI is InChI=1S/C12H21NO/c1-6-11(9-13-14)8-7-10(2)12(3,4)5/h6-8,13-14H,1,9H2,2-5H3/b10-7+,11-8+. The minimum absolute atomic E-state index is 0.190. The van der Waals surface area contributed by atoms with Gasteiger partial charge in [-0.05, 0) is 17.9 Å². The van der Waals surface area contributed by atoms with Gasteiger partial charge in [0.25, 0.3) is 0 Å². The Morgan fingerprint density at radius 2 is 1.93 bits per heavy atom. The summed E-state index contributed by atoms with van der Waals surface area (Å²) in [6.45, 7) is 12.7. The van der Waals surface area contributed by atoms with Gasteiger partial charge in [-0.1, -0.05) is 51.2 Å². The minimum Gasteiger partial charge on any atom is -0.316 e. The molecule has 0 aromatic carbocycles. The summed E-state index contributed by atoms with van der Waals surface area (Å²) in [6, 6.07) is 0. The van der Waals surface area contributed by atoms with E-state index in [1.165, 1.54) is 5.57 Å². The van der Waals surface area contributed by atoms with Crippen molar-refractivity contribution in [3.05, 3.63) is 36.0 Å². The first kappa shape index (κ1) is 13.1. The second-order valence-electron chi connectivity index (χ2n) is 4.38. The molecule has 0 aromatic heterocycles. The summed E-state index contributed by atoms with van der Waals surface area (Å²) in [5.74, 6) is 0. The number of hydroxylamine groups is 1. The molecule has 0 radical (unpaired) electrons. The maximum atomic E-state index is 8.53. The summed E-state index contributed by atoms with van der Waals surface area (Å²) in [6.07, 6.45) is 5.76. The van der Waals surface area contributed by atoms with Crippen molar-refractivity contribution in [2.45, 2.75) is 27.7 Å². The zero-order valence-corrected chi connectivity index (χ0v) is 9.59. The Kier molecular flexibility index (Phi) is 5.43. The lowest BCUT2D eigenvalue weighted by Gasteiger charge is -2.18. The van der Waals surface area contributed by atoms with Crippen LogP contribution >= 0.6 is 0 Å². The highest BCUT2D eigenvalue weighted by molar-refractivity contribution is 5.26. The number of hydrogen-bond acceptors (Lipinski definition) is 2. The third-order valence-corrected chi connectivity index (χ3v) is 2.28. The van der Waals surface area contributed by atoms with E-state index in [-0.39, 0.29) is 5.41 Å². The van der Waals surface area contributed by atoms with Crippen LogP contribution in [0.3, 0.4) is 0 Å². The van der Waals surface area contributed by atoms with E-state index in [1.807, 2.05) is 6.08 Å². The van der Waals surface area contributed by atoms with Crippen molar-refractivity contribution in [1.82, 2.24) is 5.48 Å². The van der Waals surface area contributed by atoms with Gasteiger partial charge in [0, 0.05) is 6.54 Å². The number of nitrogens with one attached hydrogen (secondary N) is 1. The average molecular weight is 195 g/mol. The second-order valence-corrected chi connectivity index (χ2v) is 4.38. The van der Waals surface area contributed by atoms with Crippen LogP contribution < -0.4 is 5.48 Å². The van der Waals surface area contributed by atoms with Crippen LogP contribution in [-0.2, 0) is 0 Å². The largest absolute Gasteiger partial charge is 0.316 e. The van der Waals surface area contributed by atoms with E-state index >= 15 is 0 Å². The zero-order valence-electron chi connectivity index (χ0n) is 9.59. The average Bonchev–Trinajstić information content (AvgIpc) is 2.10. The highest BCUT2D eigenvalue weighted by atomic mass is 16.5. The Morgan fingerprint density at radius 1 is 1.36 bits per heavy atom. The molecule has 0 aliphatic heterocycles. The molecule has 0 unspecified atom stereocenters. The van der Waals surface area contributed by atoms with Gasteiger partial charge < -0.3 is 5.21 Å². The third kappa shape index (κ3) is 5.00. The predicted molar refractivity (Wildman–Crippen MR) is 61.3 cm³/mol. The van der Waals surface area contributed by atoms with Crippen LogP contribution in [0.5, 0.6) is 0 Å². The van der Waals surface area contributed by atoms with Gasteiger partial charge in [0.2, 0.25) is 0 Å². The van der Waals surface area contributed by atoms with Crippen molar-refractivity contribution >= 4 is 0 Å². The van der Waals surface area contributed by atoms with E-state index in [1.54, 1.807) is 6.08 Å². The van der Waals surface area contributed by atoms with Crippen molar-refractivity contribution in [1.29, 1.82) is 0 Å². The van der Waals surface area contributed by atoms with E-state index in [0.29, 0.717) is 6.54 Å². The monoisotopic (exact) mass is 195 g/mol. The molecular weight excluding hydrogens is 174 g/mol. The summed E-state index contributed by atoms with van der Waals surface area (Å²) in [4.78, 5) is 0. The van der Waals surface area contributed by atoms with Crippen LogP contribution in [0.2, 0.25) is 0 Å². The molecule has 2 N–H and O–H groups in total. The molecule has 0 saturated heterocycles. The second kappa shape index (κ2) is 5.78. The quantitative estimate of drug-likeness (QED) is 0.533. The summed E-state index contributed by atoms with van der Waals surface area (Å²) in [5.41, 5.74) is 4.57. The molecule has 0 amide bonds. The smallest absolute Gasteiger partial charge is 0.0457 e. The van der Waals surface area contributed by atoms with E-state index < -0.39 is 0 Å². The Labute approximate surface area is 87.0 Å². The van der Waals surface area contributed by atoms with Crippen LogP contribution in [0.25, 0.3) is 0 Å². The molecule has 80 valence electrons. The molecule has 0 aliphatic rings. The molecule has 0 aliphatic carbocycles. The fraction of sp³-hybridized carbons (Fsp3) is 0.500. The van der Waals surface area contributed by atoms with Crippen LogP contribution in [0, 0.1) is 5.41 Å². The van der Waals surface area contributed by atoms with Gasteiger partial charge in [-0.3, -0.25) is 0 Å². The number of rotatable bonds is 4. The highest BCUT2D eigenvalue weighted by Crippen LogP contribution is 2.24. The van der Waals surface area contributed by atoms with Crippen molar-refractivity contribution in [3.63, 3.8) is 0 Å². The molecule has 0 bridgehead atoms. The molecule has 0 spiro atoms. The summed E-state index contributed by atoms with van der Waals surface area (Å²) < 4.78 is 0. The summed E-state index contributed by atoms with van der Waals surface area (Å²) in [5, 5.41) is 8.53. The Balaban J connectivity index is 4.57. The Hall–Kier alpha value is -0.860. The van der Waals surface area contributed by atoms with Gasteiger partial charge in [0.05, 0.1) is 0 Å². The maximum absolute atomic E-state index is 8.53. The van der Waals surface area contributed by atoms with Gasteiger partial charge in [0.1, 0.15) is 0 Å². The lowest BCUT2D eigenvalue weighted by atomic mass is 9.87. The van der Waals surface area contributed by atoms with Crippen LogP contribution in [-0.4, -0.2) is 11.8 Å². The fourth-order valence-corrected chi connectivity index (χ4v) is 0.772. The molecule has 0 atom stereocenters. The predicted octanol–water partition coefficient (Wildman–Crippen LogP) is 3.07. The number of allylic oxidation sites excluding steroid dienone is 3. The van der Waals surface area contributed by atoms with Crippen molar-refractivity contribution in [2.24, 2.45) is 5.41 Å². The zero-order chi connectivity index (χ0) is 11.2. The highest BCUT2D eigenvalue weighted by Gasteiger charge is 2.10. The van der Waals surface area contributed by atoms with E-state index in [4.69, 9.17) is 5.21 Å². The molecule has 0 heterocycles. The normalized spacial score (nSPS) is 14.4. The van der Waals surface area contributed by atoms with Gasteiger partial charge >= 0.3 is 0 Å². The maximum Gasteiger partial charge on any atom is 0.0457 e. The van der Waals surface area contributed by atoms with Crippen molar-refractivity contribution < 1.29 is 5.21 Å². The Morgan fingerprint density at radius 3 is 2.29 bits per heavy atom. The molecule has 14 heavy (non-hydrogen) atoms. The first-order valence-corrected chi connectivity index (χ1v) is 4.79. The molecule has 2 nitrogen and oxygen atoms in total. The first-order chi connectivity index (χ1) is 6.41. The SMILES string of the molecule is C=C/C(=C\C=C(/C)C(C)(C)C)CNO. The summed E-state index contributed by atoms with van der Waals surface area (Å²) >= 11 is 0. The van der Waals surface area contributed by atoms with Gasteiger partial charge in [-0.15, -0.1) is 0 Å². The van der Waals surface area contributed by atoms with E-state index in [2.05, 4.69) is 45.8 Å². The molecule has 2 heteroatoms. The molecule has 0 rings (SSSR count). The molecule has 0 aromatic rings. The first-order valence-electron chi connectivity index (χ1n) is 4.79. The van der Waals surface area contributed by atoms with E-state index in [9.17, 15) is 0 Å². The van der Waals surface area contributed by atoms with E-state index in [0.717, 1.165) is 5.57 Å². The topological polar surface area (TPSA) is 32.3 Å². The number of hydrogen-bond donors (Lipinski definition) is 2. The van der Waals surface area contributed by atoms with Crippen LogP contribution in [0.4, 0.5) is 0 Å². The van der Waals surface area contributed by atoms with Crippen LogP contribution in [0.15, 0.2) is 36.0 Å². The minimum atomic E-state index is 0.190. The summed E-state index contributed by atoms with van der Waals surface area (Å²) in [7, 11) is 0. The third-order valence-electron chi connectivity index (χ3n) is 2.28. The van der Waals surface area contributed by atoms with Crippen molar-refractivity contribution in [3.8, 4) is 0 Å². The lowest BCUT2D eigenvalue weighted by Crippen LogP contribution is -2.10. The molecule has 0 fully saturated rings. The molecular formula is C12H21NO. The lowest BCUT2D eigenvalue weighted by molar-refractivity contribution is 0.178. The van der Waals surface area contributed by atoms with Crippen molar-refractivity contribution in [2.75, 3.05) is 6.54 Å². The van der Waals surface area contributed by atoms with Gasteiger partial charge in [0.15, 0.2) is 0 Å². The fourth-order valence-electron chi connectivity index (χ4n) is 0.772. The Bertz CT molecular complexity index is 244.